The van der Waals surface area contributed by atoms with E-state index in [1.807, 2.05) is 0 Å². The molecular formula is C13H25ClN2O2. The summed E-state index contributed by atoms with van der Waals surface area (Å²) >= 11 is 0. The van der Waals surface area contributed by atoms with Crippen LogP contribution >= 0.6 is 12.4 Å². The maximum atomic E-state index is 11.5. The Morgan fingerprint density at radius 2 is 2.00 bits per heavy atom. The van der Waals surface area contributed by atoms with Crippen molar-refractivity contribution in [3.05, 3.63) is 0 Å². The molecule has 18 heavy (non-hydrogen) atoms. The Bertz CT molecular complexity index is 307. The van der Waals surface area contributed by atoms with E-state index in [-0.39, 0.29) is 35.2 Å². The van der Waals surface area contributed by atoms with E-state index in [2.05, 4.69) is 18.7 Å². The van der Waals surface area contributed by atoms with E-state index >= 15 is 0 Å². The Morgan fingerprint density at radius 3 is 2.44 bits per heavy atom. The van der Waals surface area contributed by atoms with Crippen LogP contribution in [0.4, 0.5) is 0 Å². The minimum absolute atomic E-state index is 0. The molecule has 2 aliphatic rings. The number of methoxy groups -OCH3 is 1. The highest BCUT2D eigenvalue weighted by molar-refractivity contribution is 5.85. The van der Waals surface area contributed by atoms with Gasteiger partial charge < -0.3 is 15.4 Å². The number of carbonyl (C=O) groups is 1. The Morgan fingerprint density at radius 1 is 1.44 bits per heavy atom. The van der Waals surface area contributed by atoms with Crippen LogP contribution in [0.25, 0.3) is 0 Å². The van der Waals surface area contributed by atoms with Crippen molar-refractivity contribution in [1.29, 1.82) is 0 Å². The second-order valence-electron chi connectivity index (χ2n) is 6.41. The molecule has 106 valence electrons. The highest BCUT2D eigenvalue weighted by Gasteiger charge is 2.59. The predicted octanol–water partition coefficient (Wildman–Crippen LogP) is 1.42. The number of nitrogens with zero attached hydrogens (tertiary/aromatic N) is 1. The summed E-state index contributed by atoms with van der Waals surface area (Å²) in [4.78, 5) is 13.9. The lowest BCUT2D eigenvalue weighted by Crippen LogP contribution is -2.48. The minimum atomic E-state index is -0.129. The van der Waals surface area contributed by atoms with Crippen LogP contribution in [0.1, 0.15) is 33.1 Å². The Labute approximate surface area is 116 Å². The Kier molecular flexibility index (Phi) is 4.68. The van der Waals surface area contributed by atoms with Crippen molar-refractivity contribution in [2.45, 2.75) is 38.6 Å². The summed E-state index contributed by atoms with van der Waals surface area (Å²) < 4.78 is 4.84. The van der Waals surface area contributed by atoms with Gasteiger partial charge in [-0.1, -0.05) is 0 Å². The fourth-order valence-corrected chi connectivity index (χ4v) is 3.11. The van der Waals surface area contributed by atoms with Crippen molar-refractivity contribution in [3.8, 4) is 0 Å². The number of esters is 1. The standard InChI is InChI=1S/C13H24N2O2.ClH/c1-12(2,14)9-15-6-4-13(5-7-15)8-10(13)11(16)17-3;/h10H,4-9,14H2,1-3H3;1H. The van der Waals surface area contributed by atoms with Crippen LogP contribution in [-0.4, -0.2) is 43.2 Å². The van der Waals surface area contributed by atoms with Crippen LogP contribution in [0.3, 0.4) is 0 Å². The number of likely N-dealkylation sites (tertiary alicyclic amines) is 1. The molecule has 0 radical (unpaired) electrons. The summed E-state index contributed by atoms with van der Waals surface area (Å²) in [5.41, 5.74) is 6.17. The third kappa shape index (κ3) is 3.37. The molecule has 2 N–H and O–H groups in total. The van der Waals surface area contributed by atoms with E-state index in [1.54, 1.807) is 0 Å². The average molecular weight is 277 g/mol. The maximum absolute atomic E-state index is 11.5. The largest absolute Gasteiger partial charge is 0.469 e. The van der Waals surface area contributed by atoms with Crippen molar-refractivity contribution in [2.75, 3.05) is 26.7 Å². The van der Waals surface area contributed by atoms with E-state index in [9.17, 15) is 4.79 Å². The molecule has 2 rings (SSSR count). The van der Waals surface area contributed by atoms with Crippen molar-refractivity contribution < 1.29 is 9.53 Å². The summed E-state index contributed by atoms with van der Waals surface area (Å²) in [6.07, 6.45) is 3.26. The molecule has 0 bridgehead atoms. The lowest BCUT2D eigenvalue weighted by molar-refractivity contribution is -0.143. The first kappa shape index (κ1) is 15.7. The second-order valence-corrected chi connectivity index (χ2v) is 6.41. The van der Waals surface area contributed by atoms with Gasteiger partial charge in [0.2, 0.25) is 0 Å². The quantitative estimate of drug-likeness (QED) is 0.792. The van der Waals surface area contributed by atoms with E-state index in [0.717, 1.165) is 38.9 Å². The number of hydrogen-bond donors (Lipinski definition) is 1. The van der Waals surface area contributed by atoms with Gasteiger partial charge >= 0.3 is 5.97 Å². The number of halogens is 1. The third-order valence-corrected chi connectivity index (χ3v) is 4.16. The zero-order valence-corrected chi connectivity index (χ0v) is 12.4. The van der Waals surface area contributed by atoms with E-state index in [0.29, 0.717) is 0 Å². The third-order valence-electron chi connectivity index (χ3n) is 4.16. The van der Waals surface area contributed by atoms with Gasteiger partial charge in [0, 0.05) is 12.1 Å². The minimum Gasteiger partial charge on any atom is -0.469 e. The Hall–Kier alpha value is -0.320. The molecule has 0 aromatic carbocycles. The number of ether oxygens (including phenoxy) is 1. The molecule has 5 heteroatoms. The first-order chi connectivity index (χ1) is 7.86. The number of piperidine rings is 1. The molecule has 1 aliphatic heterocycles. The molecular weight excluding hydrogens is 252 g/mol. The molecule has 2 fully saturated rings. The molecule has 4 nitrogen and oxygen atoms in total. The maximum Gasteiger partial charge on any atom is 0.309 e. The first-order valence-corrected chi connectivity index (χ1v) is 6.45. The fraction of sp³-hybridized carbons (Fsp3) is 0.923. The summed E-state index contributed by atoms with van der Waals surface area (Å²) in [5.74, 6) is 0.151. The molecule has 0 aromatic rings. The monoisotopic (exact) mass is 276 g/mol. The molecule has 0 aromatic heterocycles. The Balaban J connectivity index is 0.00000162. The number of rotatable bonds is 3. The van der Waals surface area contributed by atoms with Crippen LogP contribution in [0.15, 0.2) is 0 Å². The number of hydrogen-bond acceptors (Lipinski definition) is 4. The lowest BCUT2D eigenvalue weighted by atomic mass is 9.90. The van der Waals surface area contributed by atoms with Crippen LogP contribution in [0, 0.1) is 11.3 Å². The van der Waals surface area contributed by atoms with Crippen LogP contribution < -0.4 is 5.73 Å². The SMILES string of the molecule is COC(=O)C1CC12CCN(CC(C)(C)N)CC2.Cl. The zero-order valence-electron chi connectivity index (χ0n) is 11.6. The molecule has 1 saturated heterocycles. The van der Waals surface area contributed by atoms with Gasteiger partial charge in [-0.3, -0.25) is 4.79 Å². The number of carbonyl (C=O) groups excluding carboxylic acids is 1. The predicted molar refractivity (Wildman–Crippen MR) is 73.7 cm³/mol. The molecule has 1 atom stereocenters. The highest BCUT2D eigenvalue weighted by atomic mass is 35.5. The van der Waals surface area contributed by atoms with Gasteiger partial charge in [-0.05, 0) is 51.6 Å². The van der Waals surface area contributed by atoms with Gasteiger partial charge in [0.25, 0.3) is 0 Å². The summed E-state index contributed by atoms with van der Waals surface area (Å²) in [6.45, 7) is 7.19. The van der Waals surface area contributed by atoms with Gasteiger partial charge in [0.15, 0.2) is 0 Å². The molecule has 1 unspecified atom stereocenters. The zero-order chi connectivity index (χ0) is 12.7. The molecule has 1 aliphatic carbocycles. The van der Waals surface area contributed by atoms with Crippen LogP contribution in [0.2, 0.25) is 0 Å². The fourth-order valence-electron chi connectivity index (χ4n) is 3.11. The van der Waals surface area contributed by atoms with E-state index < -0.39 is 0 Å². The van der Waals surface area contributed by atoms with Gasteiger partial charge in [-0.15, -0.1) is 12.4 Å². The van der Waals surface area contributed by atoms with Crippen molar-refractivity contribution >= 4 is 18.4 Å². The summed E-state index contributed by atoms with van der Waals surface area (Å²) in [6, 6.07) is 0. The van der Waals surface area contributed by atoms with Gasteiger partial charge in [-0.2, -0.15) is 0 Å². The summed E-state index contributed by atoms with van der Waals surface area (Å²) in [7, 11) is 1.49. The van der Waals surface area contributed by atoms with Crippen molar-refractivity contribution in [3.63, 3.8) is 0 Å². The number of nitrogens with two attached hydrogens (primary N) is 1. The normalized spacial score (nSPS) is 26.6. The van der Waals surface area contributed by atoms with Gasteiger partial charge in [-0.25, -0.2) is 0 Å². The van der Waals surface area contributed by atoms with Crippen molar-refractivity contribution in [1.82, 2.24) is 4.90 Å². The van der Waals surface area contributed by atoms with Crippen molar-refractivity contribution in [2.24, 2.45) is 17.1 Å². The van der Waals surface area contributed by atoms with E-state index in [4.69, 9.17) is 10.5 Å². The molecule has 1 heterocycles. The van der Waals surface area contributed by atoms with Crippen LogP contribution in [0.5, 0.6) is 0 Å². The van der Waals surface area contributed by atoms with E-state index in [1.165, 1.54) is 7.11 Å². The molecule has 1 spiro atoms. The average Bonchev–Trinajstić information content (AvgIpc) is 2.94. The van der Waals surface area contributed by atoms with Gasteiger partial charge in [0.05, 0.1) is 13.0 Å². The molecule has 0 amide bonds. The topological polar surface area (TPSA) is 55.6 Å². The highest BCUT2D eigenvalue weighted by Crippen LogP contribution is 2.59. The summed E-state index contributed by atoms with van der Waals surface area (Å²) in [5, 5.41) is 0. The van der Waals surface area contributed by atoms with Gasteiger partial charge in [0.1, 0.15) is 0 Å². The first-order valence-electron chi connectivity index (χ1n) is 6.45. The lowest BCUT2D eigenvalue weighted by Gasteiger charge is -2.36. The second kappa shape index (κ2) is 5.35. The smallest absolute Gasteiger partial charge is 0.309 e. The molecule has 1 saturated carbocycles. The van der Waals surface area contributed by atoms with Crippen LogP contribution in [-0.2, 0) is 9.53 Å².